The number of aromatic nitrogens is 3. The van der Waals surface area contributed by atoms with Gasteiger partial charge in [0.15, 0.2) is 5.82 Å². The molecular weight excluding hydrogens is 576 g/mol. The lowest BCUT2D eigenvalue weighted by Gasteiger charge is -2.34. The van der Waals surface area contributed by atoms with Crippen LogP contribution in [0, 0.1) is 11.7 Å². The van der Waals surface area contributed by atoms with Gasteiger partial charge < -0.3 is 20.7 Å². The van der Waals surface area contributed by atoms with Crippen molar-refractivity contribution >= 4 is 39.9 Å². The SMILES string of the molecule is CN1C[C@H](F)C[C@H]1COc1nc2c3cnc(c(F)c3n1)-c1cc(N)cc(Cl)c1CCCCC(=O)NCCC1CCCN2C1. The number of alkyl halides is 1. The molecule has 1 unspecified atom stereocenters. The van der Waals surface area contributed by atoms with Crippen molar-refractivity contribution < 1.29 is 18.3 Å². The van der Waals surface area contributed by atoms with E-state index in [0.29, 0.717) is 85.1 Å². The third kappa shape index (κ3) is 6.47. The second kappa shape index (κ2) is 12.7. The number of anilines is 2. The van der Waals surface area contributed by atoms with E-state index in [2.05, 4.69) is 20.2 Å². The van der Waals surface area contributed by atoms with E-state index in [1.54, 1.807) is 18.3 Å². The number of piperidine rings is 1. The minimum atomic E-state index is -0.910. The first-order valence-corrected chi connectivity index (χ1v) is 15.6. The summed E-state index contributed by atoms with van der Waals surface area (Å²) in [4.78, 5) is 30.5. The molecule has 3 N–H and O–H groups in total. The fraction of sp³-hybridized carbons (Fsp3) is 0.548. The van der Waals surface area contributed by atoms with E-state index in [4.69, 9.17) is 27.1 Å². The van der Waals surface area contributed by atoms with Gasteiger partial charge in [0.05, 0.1) is 5.39 Å². The Labute approximate surface area is 255 Å². The quantitative estimate of drug-likeness (QED) is 0.400. The van der Waals surface area contributed by atoms with Gasteiger partial charge in [0.1, 0.15) is 29.8 Å². The van der Waals surface area contributed by atoms with Crippen LogP contribution < -0.4 is 20.7 Å². The number of nitrogens with one attached hydrogen (secondary N) is 1. The first-order valence-electron chi connectivity index (χ1n) is 15.2. The number of hydrogen-bond acceptors (Lipinski definition) is 8. The molecule has 0 saturated carbocycles. The van der Waals surface area contributed by atoms with Crippen molar-refractivity contribution in [1.29, 1.82) is 0 Å². The van der Waals surface area contributed by atoms with E-state index in [0.717, 1.165) is 31.4 Å². The highest BCUT2D eigenvalue weighted by atomic mass is 35.5. The molecule has 230 valence electrons. The van der Waals surface area contributed by atoms with Gasteiger partial charge in [-0.25, -0.2) is 8.78 Å². The molecule has 2 aromatic heterocycles. The number of hydrogen-bond donors (Lipinski definition) is 2. The molecule has 2 fully saturated rings. The van der Waals surface area contributed by atoms with Gasteiger partial charge in [-0.3, -0.25) is 14.7 Å². The lowest BCUT2D eigenvalue weighted by molar-refractivity contribution is -0.121. The van der Waals surface area contributed by atoms with Crippen LogP contribution in [0.2, 0.25) is 5.02 Å². The number of nitrogen functional groups attached to an aromatic ring is 1. The first kappa shape index (κ1) is 29.7. The van der Waals surface area contributed by atoms with E-state index in [9.17, 15) is 9.18 Å². The largest absolute Gasteiger partial charge is 0.462 e. The molecule has 2 saturated heterocycles. The smallest absolute Gasteiger partial charge is 0.319 e. The summed E-state index contributed by atoms with van der Waals surface area (Å²) in [5, 5.41) is 3.99. The lowest BCUT2D eigenvalue weighted by Crippen LogP contribution is -2.38. The number of likely N-dealkylation sites (tertiary alicyclic amines) is 1. The molecule has 6 heterocycles. The van der Waals surface area contributed by atoms with Crippen LogP contribution in [0.3, 0.4) is 0 Å². The highest BCUT2D eigenvalue weighted by Crippen LogP contribution is 2.38. The molecule has 3 aromatic rings. The Morgan fingerprint density at radius 2 is 2.00 bits per heavy atom. The molecule has 0 spiro atoms. The molecule has 4 aliphatic heterocycles. The number of ether oxygens (including phenoxy) is 1. The highest BCUT2D eigenvalue weighted by molar-refractivity contribution is 6.32. The molecule has 1 amide bonds. The molecule has 12 heteroatoms. The normalized spacial score (nSPS) is 23.7. The number of amides is 1. The molecule has 43 heavy (non-hydrogen) atoms. The Morgan fingerprint density at radius 1 is 1.16 bits per heavy atom. The summed E-state index contributed by atoms with van der Waals surface area (Å²) in [5.74, 6) is 0.322. The summed E-state index contributed by atoms with van der Waals surface area (Å²) in [5.41, 5.74) is 7.97. The summed E-state index contributed by atoms with van der Waals surface area (Å²) >= 11 is 6.64. The van der Waals surface area contributed by atoms with E-state index >= 15 is 4.39 Å². The van der Waals surface area contributed by atoms with Gasteiger partial charge in [-0.1, -0.05) is 11.6 Å². The topological polar surface area (TPSA) is 109 Å². The minimum Gasteiger partial charge on any atom is -0.462 e. The third-order valence-corrected chi connectivity index (χ3v) is 9.27. The number of nitrogens with zero attached hydrogens (tertiary/aromatic N) is 5. The fourth-order valence-electron chi connectivity index (χ4n) is 6.60. The molecule has 9 nitrogen and oxygen atoms in total. The maximum absolute atomic E-state index is 16.6. The van der Waals surface area contributed by atoms with E-state index in [1.807, 2.05) is 11.9 Å². The number of pyridine rings is 1. The highest BCUT2D eigenvalue weighted by Gasteiger charge is 2.31. The van der Waals surface area contributed by atoms with E-state index in [-0.39, 0.29) is 35.8 Å². The van der Waals surface area contributed by atoms with Gasteiger partial charge in [-0.15, -0.1) is 0 Å². The number of nitrogens with two attached hydrogens (primary N) is 1. The summed E-state index contributed by atoms with van der Waals surface area (Å²) < 4.78 is 36.7. The molecule has 1 aromatic carbocycles. The number of carbonyl (C=O) groups excluding carboxylic acids is 1. The standard InChI is InChI=1S/C31H38ClF2N7O2/c1-40-16-19(33)11-21(40)17-43-31-38-29-24-14-37-28(27(29)34)23-12-20(35)13-25(32)22(23)6-2-3-7-26(42)36-9-8-18-5-4-10-41(15-18)30(24)39-31/h12-14,18-19,21H,2-11,15-17,35H2,1H3,(H,36,42)/t18?,19-,21+/m1/s1. The van der Waals surface area contributed by atoms with E-state index in [1.165, 1.54) is 0 Å². The van der Waals surface area contributed by atoms with Crippen molar-refractivity contribution in [2.45, 2.75) is 63.6 Å². The van der Waals surface area contributed by atoms with Crippen LogP contribution in [0.5, 0.6) is 6.01 Å². The van der Waals surface area contributed by atoms with Gasteiger partial charge in [0.25, 0.3) is 0 Å². The lowest BCUT2D eigenvalue weighted by atomic mass is 9.94. The zero-order valence-electron chi connectivity index (χ0n) is 24.4. The fourth-order valence-corrected chi connectivity index (χ4v) is 6.92. The number of rotatable bonds is 3. The number of halogens is 3. The van der Waals surface area contributed by atoms with Crippen LogP contribution in [0.1, 0.15) is 50.5 Å². The van der Waals surface area contributed by atoms with Gasteiger partial charge >= 0.3 is 6.01 Å². The predicted molar refractivity (Wildman–Crippen MR) is 164 cm³/mol. The Hall–Kier alpha value is -3.31. The first-order chi connectivity index (χ1) is 20.8. The van der Waals surface area contributed by atoms with Crippen molar-refractivity contribution in [3.05, 3.63) is 34.7 Å². The number of benzene rings is 1. The summed E-state index contributed by atoms with van der Waals surface area (Å²) in [6, 6.07) is 3.25. The van der Waals surface area contributed by atoms with Crippen molar-refractivity contribution in [1.82, 2.24) is 25.2 Å². The molecule has 0 aliphatic carbocycles. The van der Waals surface area contributed by atoms with Gasteiger partial charge in [-0.05, 0) is 75.6 Å². The molecule has 4 aliphatic rings. The second-order valence-corrected chi connectivity index (χ2v) is 12.5. The van der Waals surface area contributed by atoms with Crippen LogP contribution in [-0.4, -0.2) is 77.8 Å². The van der Waals surface area contributed by atoms with Gasteiger partial charge in [0, 0.05) is 61.1 Å². The molecule has 0 radical (unpaired) electrons. The third-order valence-electron chi connectivity index (χ3n) is 8.93. The molecular formula is C31H38ClF2N7O2. The second-order valence-electron chi connectivity index (χ2n) is 12.1. The minimum absolute atomic E-state index is 0.0336. The van der Waals surface area contributed by atoms with Crippen LogP contribution in [0.25, 0.3) is 22.2 Å². The number of likely N-dealkylation sites (N-methyl/N-ethyl adjacent to an activating group) is 1. The van der Waals surface area contributed by atoms with E-state index < -0.39 is 12.0 Å². The summed E-state index contributed by atoms with van der Waals surface area (Å²) in [6.45, 7) is 2.59. The average Bonchev–Trinajstić information content (AvgIpc) is 3.31. The van der Waals surface area contributed by atoms with Crippen molar-refractivity contribution in [3.63, 3.8) is 0 Å². The summed E-state index contributed by atoms with van der Waals surface area (Å²) in [7, 11) is 1.86. The molecule has 3 atom stereocenters. The maximum Gasteiger partial charge on any atom is 0.319 e. The number of fused-ring (bicyclic) bond motifs is 8. The average molecular weight is 614 g/mol. The Bertz CT molecular complexity index is 1510. The van der Waals surface area contributed by atoms with Crippen LogP contribution in [0.4, 0.5) is 20.3 Å². The van der Waals surface area contributed by atoms with Crippen molar-refractivity contribution in [3.8, 4) is 17.3 Å². The van der Waals surface area contributed by atoms with Crippen LogP contribution in [0.15, 0.2) is 18.3 Å². The van der Waals surface area contributed by atoms with Crippen LogP contribution >= 0.6 is 11.6 Å². The maximum atomic E-state index is 16.6. The van der Waals surface area contributed by atoms with Crippen molar-refractivity contribution in [2.24, 2.45) is 5.92 Å². The monoisotopic (exact) mass is 613 g/mol. The molecule has 6 bridgehead atoms. The Balaban J connectivity index is 1.46. The Morgan fingerprint density at radius 3 is 2.81 bits per heavy atom. The molecule has 7 rings (SSSR count). The van der Waals surface area contributed by atoms with Gasteiger partial charge in [-0.2, -0.15) is 9.97 Å². The zero-order valence-corrected chi connectivity index (χ0v) is 25.2. The zero-order chi connectivity index (χ0) is 30.1. The van der Waals surface area contributed by atoms with Crippen molar-refractivity contribution in [2.75, 3.05) is 50.5 Å². The van der Waals surface area contributed by atoms with Crippen LogP contribution in [-0.2, 0) is 11.2 Å². The number of carbonyl (C=O) groups is 1. The van der Waals surface area contributed by atoms with Gasteiger partial charge in [0.2, 0.25) is 5.91 Å². The Kier molecular flexibility index (Phi) is 8.81. The predicted octanol–water partition coefficient (Wildman–Crippen LogP) is 4.94. The summed E-state index contributed by atoms with van der Waals surface area (Å²) in [6.07, 6.45) is 6.20.